The van der Waals surface area contributed by atoms with E-state index < -0.39 is 6.03 Å². The molecule has 4 nitrogen and oxygen atoms in total. The van der Waals surface area contributed by atoms with Crippen molar-refractivity contribution in [3.05, 3.63) is 77.3 Å². The normalized spacial score (nSPS) is 10.4. The molecule has 0 aliphatic carbocycles. The summed E-state index contributed by atoms with van der Waals surface area (Å²) >= 11 is 1.38. The number of anilines is 2. The van der Waals surface area contributed by atoms with Crippen molar-refractivity contribution < 1.29 is 4.79 Å². The molecule has 5 heteroatoms. The van der Waals surface area contributed by atoms with Crippen LogP contribution < -0.4 is 10.6 Å². The molecule has 1 aromatic heterocycles. The standard InChI is InChI=1S/C17H15N3OS/c18-16(21)20(17-19-10-11-22-17)15-9-5-4-8-14(15)12-13-6-2-1-3-7-13/h1-11H,12H2,(H2,18,21). The smallest absolute Gasteiger partial charge is 0.325 e. The summed E-state index contributed by atoms with van der Waals surface area (Å²) in [4.78, 5) is 17.6. The summed E-state index contributed by atoms with van der Waals surface area (Å²) in [6.07, 6.45) is 2.39. The maximum absolute atomic E-state index is 11.9. The fourth-order valence-corrected chi connectivity index (χ4v) is 3.00. The van der Waals surface area contributed by atoms with Crippen molar-refractivity contribution >= 4 is 28.2 Å². The van der Waals surface area contributed by atoms with Crippen molar-refractivity contribution in [2.45, 2.75) is 6.42 Å². The van der Waals surface area contributed by atoms with Gasteiger partial charge in [0.1, 0.15) is 0 Å². The predicted octanol–water partition coefficient (Wildman–Crippen LogP) is 3.95. The van der Waals surface area contributed by atoms with E-state index >= 15 is 0 Å². The number of hydrogen-bond donors (Lipinski definition) is 1. The van der Waals surface area contributed by atoms with Gasteiger partial charge >= 0.3 is 6.03 Å². The van der Waals surface area contributed by atoms with Crippen molar-refractivity contribution in [3.8, 4) is 0 Å². The highest BCUT2D eigenvalue weighted by molar-refractivity contribution is 7.13. The van der Waals surface area contributed by atoms with Gasteiger partial charge in [0.05, 0.1) is 5.69 Å². The maximum atomic E-state index is 11.9. The van der Waals surface area contributed by atoms with Gasteiger partial charge in [-0.3, -0.25) is 0 Å². The number of para-hydroxylation sites is 1. The molecule has 0 saturated heterocycles. The Bertz CT molecular complexity index is 757. The van der Waals surface area contributed by atoms with Crippen LogP contribution in [0.15, 0.2) is 66.2 Å². The molecule has 0 aliphatic heterocycles. The molecule has 2 N–H and O–H groups in total. The van der Waals surface area contributed by atoms with Crippen LogP contribution in [0.25, 0.3) is 0 Å². The fourth-order valence-electron chi connectivity index (χ4n) is 2.34. The Balaban J connectivity index is 2.01. The van der Waals surface area contributed by atoms with Crippen LogP contribution in [0.5, 0.6) is 0 Å². The van der Waals surface area contributed by atoms with Crippen molar-refractivity contribution in [1.29, 1.82) is 0 Å². The number of urea groups is 1. The van der Waals surface area contributed by atoms with Gasteiger partial charge in [-0.2, -0.15) is 0 Å². The van der Waals surface area contributed by atoms with Crippen molar-refractivity contribution in [2.75, 3.05) is 4.90 Å². The van der Waals surface area contributed by atoms with Gasteiger partial charge < -0.3 is 5.73 Å². The minimum atomic E-state index is -0.532. The quantitative estimate of drug-likeness (QED) is 0.793. The third-order valence-corrected chi connectivity index (χ3v) is 4.06. The van der Waals surface area contributed by atoms with Gasteiger partial charge in [0, 0.05) is 11.6 Å². The molecule has 22 heavy (non-hydrogen) atoms. The molecule has 0 bridgehead atoms. The Morgan fingerprint density at radius 2 is 1.82 bits per heavy atom. The summed E-state index contributed by atoms with van der Waals surface area (Å²) in [5.41, 5.74) is 8.56. The van der Waals surface area contributed by atoms with Crippen LogP contribution in [0.3, 0.4) is 0 Å². The fraction of sp³-hybridized carbons (Fsp3) is 0.0588. The lowest BCUT2D eigenvalue weighted by Gasteiger charge is -2.20. The number of benzene rings is 2. The van der Waals surface area contributed by atoms with Gasteiger partial charge in [-0.1, -0.05) is 48.5 Å². The highest BCUT2D eigenvalue weighted by Gasteiger charge is 2.20. The summed E-state index contributed by atoms with van der Waals surface area (Å²) in [5.74, 6) is 0. The molecule has 0 aliphatic rings. The Hall–Kier alpha value is -2.66. The van der Waals surface area contributed by atoms with E-state index in [0.717, 1.165) is 17.7 Å². The monoisotopic (exact) mass is 309 g/mol. The molecule has 0 fully saturated rings. The highest BCUT2D eigenvalue weighted by Crippen LogP contribution is 2.31. The van der Waals surface area contributed by atoms with E-state index in [1.54, 1.807) is 6.20 Å². The Morgan fingerprint density at radius 1 is 1.09 bits per heavy atom. The number of aromatic nitrogens is 1. The number of rotatable bonds is 4. The lowest BCUT2D eigenvalue weighted by atomic mass is 10.0. The van der Waals surface area contributed by atoms with Crippen LogP contribution in [0.2, 0.25) is 0 Å². The molecule has 0 unspecified atom stereocenters. The van der Waals surface area contributed by atoms with Crippen LogP contribution >= 0.6 is 11.3 Å². The van der Waals surface area contributed by atoms with Crippen LogP contribution in [0.4, 0.5) is 15.6 Å². The number of nitrogens with zero attached hydrogens (tertiary/aromatic N) is 2. The predicted molar refractivity (Wildman–Crippen MR) is 89.5 cm³/mol. The Labute approximate surface area is 132 Å². The highest BCUT2D eigenvalue weighted by atomic mass is 32.1. The van der Waals surface area contributed by atoms with E-state index in [0.29, 0.717) is 5.13 Å². The van der Waals surface area contributed by atoms with Crippen LogP contribution in [0.1, 0.15) is 11.1 Å². The minimum Gasteiger partial charge on any atom is -0.351 e. The first-order valence-corrected chi connectivity index (χ1v) is 7.74. The number of hydrogen-bond acceptors (Lipinski definition) is 3. The third-order valence-electron chi connectivity index (χ3n) is 3.30. The molecule has 0 atom stereocenters. The third kappa shape index (κ3) is 2.99. The second-order valence-electron chi connectivity index (χ2n) is 4.78. The molecule has 3 aromatic rings. The number of nitrogens with two attached hydrogens (primary N) is 1. The largest absolute Gasteiger partial charge is 0.351 e. The van der Waals surface area contributed by atoms with Crippen LogP contribution in [-0.2, 0) is 6.42 Å². The second kappa shape index (κ2) is 6.41. The average Bonchev–Trinajstić information content (AvgIpc) is 3.04. The van der Waals surface area contributed by atoms with E-state index in [4.69, 9.17) is 5.73 Å². The first-order valence-electron chi connectivity index (χ1n) is 6.86. The molecule has 3 rings (SSSR count). The molecule has 2 aromatic carbocycles. The summed E-state index contributed by atoms with van der Waals surface area (Å²) in [6, 6.07) is 17.3. The van der Waals surface area contributed by atoms with E-state index in [9.17, 15) is 4.79 Å². The summed E-state index contributed by atoms with van der Waals surface area (Å²) in [6.45, 7) is 0. The number of carbonyl (C=O) groups is 1. The van der Waals surface area contributed by atoms with Gasteiger partial charge in [-0.25, -0.2) is 14.7 Å². The number of primary amides is 1. The number of thiazole rings is 1. The first kappa shape index (κ1) is 14.3. The second-order valence-corrected chi connectivity index (χ2v) is 5.65. The zero-order chi connectivity index (χ0) is 15.4. The van der Waals surface area contributed by atoms with Gasteiger partial charge in [-0.05, 0) is 23.6 Å². The molecule has 0 radical (unpaired) electrons. The SMILES string of the molecule is NC(=O)N(c1nccs1)c1ccccc1Cc1ccccc1. The van der Waals surface area contributed by atoms with E-state index in [2.05, 4.69) is 17.1 Å². The lowest BCUT2D eigenvalue weighted by molar-refractivity contribution is 0.256. The molecule has 0 spiro atoms. The Morgan fingerprint density at radius 3 is 2.50 bits per heavy atom. The first-order chi connectivity index (χ1) is 10.8. The molecular weight excluding hydrogens is 294 g/mol. The molecule has 110 valence electrons. The molecule has 2 amide bonds. The minimum absolute atomic E-state index is 0.532. The van der Waals surface area contributed by atoms with Gasteiger partial charge in [-0.15, -0.1) is 11.3 Å². The van der Waals surface area contributed by atoms with Gasteiger partial charge in [0.25, 0.3) is 0 Å². The van der Waals surface area contributed by atoms with Crippen molar-refractivity contribution in [2.24, 2.45) is 5.73 Å². The zero-order valence-corrected chi connectivity index (χ0v) is 12.7. The lowest BCUT2D eigenvalue weighted by Crippen LogP contribution is -2.32. The van der Waals surface area contributed by atoms with E-state index in [1.807, 2.05) is 47.8 Å². The summed E-state index contributed by atoms with van der Waals surface area (Å²) in [5, 5.41) is 2.40. The number of amides is 2. The topological polar surface area (TPSA) is 59.2 Å². The zero-order valence-electron chi connectivity index (χ0n) is 11.8. The van der Waals surface area contributed by atoms with Crippen LogP contribution in [-0.4, -0.2) is 11.0 Å². The van der Waals surface area contributed by atoms with E-state index in [1.165, 1.54) is 21.8 Å². The van der Waals surface area contributed by atoms with Crippen molar-refractivity contribution in [3.63, 3.8) is 0 Å². The number of carbonyl (C=O) groups excluding carboxylic acids is 1. The summed E-state index contributed by atoms with van der Waals surface area (Å²) in [7, 11) is 0. The summed E-state index contributed by atoms with van der Waals surface area (Å²) < 4.78 is 0. The van der Waals surface area contributed by atoms with Crippen LogP contribution in [0, 0.1) is 0 Å². The maximum Gasteiger partial charge on any atom is 0.325 e. The van der Waals surface area contributed by atoms with Gasteiger partial charge in [0.2, 0.25) is 0 Å². The molecule has 1 heterocycles. The average molecular weight is 309 g/mol. The Kier molecular flexibility index (Phi) is 4.16. The molecule has 0 saturated carbocycles. The van der Waals surface area contributed by atoms with E-state index in [-0.39, 0.29) is 0 Å². The molecular formula is C17H15N3OS. The van der Waals surface area contributed by atoms with Gasteiger partial charge in [0.15, 0.2) is 5.13 Å². The van der Waals surface area contributed by atoms with Crippen molar-refractivity contribution in [1.82, 2.24) is 4.98 Å².